The van der Waals surface area contributed by atoms with Crippen LogP contribution in [0, 0.1) is 17.6 Å². The fraction of sp³-hybridized carbons (Fsp3) is 0.462. The van der Waals surface area contributed by atoms with E-state index in [0.29, 0.717) is 6.54 Å². The Bertz CT molecular complexity index is 409. The third-order valence-corrected chi connectivity index (χ3v) is 2.88. The van der Waals surface area contributed by atoms with Gasteiger partial charge in [0.1, 0.15) is 11.6 Å². The largest absolute Gasteiger partial charge is 0.338 e. The first kappa shape index (κ1) is 17.8. The molecule has 1 amide bonds. The van der Waals surface area contributed by atoms with Gasteiger partial charge in [0.25, 0.3) is 0 Å². The molecule has 2 N–H and O–H groups in total. The second-order valence-electron chi connectivity index (χ2n) is 4.19. The number of halogens is 3. The van der Waals surface area contributed by atoms with E-state index in [1.54, 1.807) is 13.8 Å². The minimum atomic E-state index is -0.637. The van der Waals surface area contributed by atoms with E-state index in [0.717, 1.165) is 0 Å². The highest BCUT2D eigenvalue weighted by atomic mass is 35.5. The molecule has 1 atom stereocenters. The van der Waals surface area contributed by atoms with E-state index in [-0.39, 0.29) is 42.9 Å². The lowest BCUT2D eigenvalue weighted by molar-refractivity contribution is -0.135. The molecule has 0 heterocycles. The quantitative estimate of drug-likeness (QED) is 0.905. The van der Waals surface area contributed by atoms with E-state index in [1.807, 2.05) is 0 Å². The van der Waals surface area contributed by atoms with Crippen LogP contribution in [-0.4, -0.2) is 23.9 Å². The number of nitrogens with two attached hydrogens (primary N) is 1. The lowest BCUT2D eigenvalue weighted by Gasteiger charge is -2.24. The van der Waals surface area contributed by atoms with Crippen molar-refractivity contribution in [1.29, 1.82) is 0 Å². The number of nitrogens with zero attached hydrogens (tertiary/aromatic N) is 1. The summed E-state index contributed by atoms with van der Waals surface area (Å²) in [5, 5.41) is 0. The normalized spacial score (nSPS) is 11.6. The Balaban J connectivity index is 0.00000324. The Morgan fingerprint density at radius 1 is 1.37 bits per heavy atom. The molecule has 0 aliphatic rings. The zero-order valence-corrected chi connectivity index (χ0v) is 11.8. The van der Waals surface area contributed by atoms with Gasteiger partial charge in [0.15, 0.2) is 0 Å². The van der Waals surface area contributed by atoms with Crippen molar-refractivity contribution in [2.75, 3.05) is 13.1 Å². The van der Waals surface area contributed by atoms with Crippen LogP contribution in [0.5, 0.6) is 0 Å². The summed E-state index contributed by atoms with van der Waals surface area (Å²) in [5.74, 6) is -1.81. The molecule has 3 nitrogen and oxygen atoms in total. The summed E-state index contributed by atoms with van der Waals surface area (Å²) < 4.78 is 27.0. The maximum atomic E-state index is 13.5. The highest BCUT2D eigenvalue weighted by Gasteiger charge is 2.20. The van der Waals surface area contributed by atoms with Crippen molar-refractivity contribution in [1.82, 2.24) is 4.90 Å². The molecule has 0 spiro atoms. The molecular weight excluding hydrogens is 274 g/mol. The second kappa shape index (κ2) is 8.07. The summed E-state index contributed by atoms with van der Waals surface area (Å²) in [7, 11) is 0. The zero-order valence-electron chi connectivity index (χ0n) is 11.0. The molecule has 19 heavy (non-hydrogen) atoms. The van der Waals surface area contributed by atoms with Crippen LogP contribution in [0.25, 0.3) is 0 Å². The second-order valence-corrected chi connectivity index (χ2v) is 4.19. The predicted octanol–water partition coefficient (Wildman–Crippen LogP) is 2.33. The van der Waals surface area contributed by atoms with Crippen LogP contribution in [0.2, 0.25) is 0 Å². The van der Waals surface area contributed by atoms with Gasteiger partial charge in [-0.2, -0.15) is 0 Å². The molecule has 0 aromatic heterocycles. The first-order valence-corrected chi connectivity index (χ1v) is 5.93. The van der Waals surface area contributed by atoms with Gasteiger partial charge in [-0.1, -0.05) is 13.0 Å². The molecule has 0 aliphatic carbocycles. The molecule has 0 fully saturated rings. The molecule has 1 aromatic rings. The summed E-state index contributed by atoms with van der Waals surface area (Å²) in [5.41, 5.74) is 5.34. The Morgan fingerprint density at radius 2 is 1.89 bits per heavy atom. The van der Waals surface area contributed by atoms with Crippen LogP contribution in [0.1, 0.15) is 19.4 Å². The average molecular weight is 293 g/mol. The van der Waals surface area contributed by atoms with Gasteiger partial charge in [-0.15, -0.1) is 12.4 Å². The fourth-order valence-corrected chi connectivity index (χ4v) is 1.63. The predicted molar refractivity (Wildman–Crippen MR) is 72.9 cm³/mol. The maximum absolute atomic E-state index is 13.5. The summed E-state index contributed by atoms with van der Waals surface area (Å²) in [4.78, 5) is 13.3. The molecule has 0 saturated heterocycles. The smallest absolute Gasteiger partial charge is 0.226 e. The van der Waals surface area contributed by atoms with Crippen molar-refractivity contribution in [3.8, 4) is 0 Å². The molecule has 6 heteroatoms. The number of amides is 1. The van der Waals surface area contributed by atoms with Crippen molar-refractivity contribution in [3.63, 3.8) is 0 Å². The topological polar surface area (TPSA) is 46.3 Å². The minimum Gasteiger partial charge on any atom is -0.338 e. The minimum absolute atomic E-state index is 0. The SMILES string of the molecule is CCN(Cc1c(F)cccc1F)C(=O)C(C)CN.Cl. The standard InChI is InChI=1S/C13H18F2N2O.ClH/c1-3-17(13(18)9(2)7-16)8-10-11(14)5-4-6-12(10)15;/h4-6,9H,3,7-8,16H2,1-2H3;1H. The summed E-state index contributed by atoms with van der Waals surface area (Å²) in [6.45, 7) is 3.99. The van der Waals surface area contributed by atoms with E-state index in [1.165, 1.54) is 23.1 Å². The Labute approximate surface area is 118 Å². The number of benzene rings is 1. The van der Waals surface area contributed by atoms with Gasteiger partial charge in [0.2, 0.25) is 5.91 Å². The van der Waals surface area contributed by atoms with E-state index >= 15 is 0 Å². The Morgan fingerprint density at radius 3 is 2.32 bits per heavy atom. The van der Waals surface area contributed by atoms with Crippen LogP contribution < -0.4 is 5.73 Å². The van der Waals surface area contributed by atoms with Crippen molar-refractivity contribution in [2.24, 2.45) is 11.7 Å². The fourth-order valence-electron chi connectivity index (χ4n) is 1.63. The van der Waals surface area contributed by atoms with Gasteiger partial charge in [-0.25, -0.2) is 8.78 Å². The highest BCUT2D eigenvalue weighted by Crippen LogP contribution is 2.15. The van der Waals surface area contributed by atoms with Crippen LogP contribution in [-0.2, 0) is 11.3 Å². The number of carbonyl (C=O) groups is 1. The van der Waals surface area contributed by atoms with E-state index in [4.69, 9.17) is 5.73 Å². The summed E-state index contributed by atoms with van der Waals surface area (Å²) >= 11 is 0. The van der Waals surface area contributed by atoms with Gasteiger partial charge in [0.05, 0.1) is 6.54 Å². The highest BCUT2D eigenvalue weighted by molar-refractivity contribution is 5.85. The van der Waals surface area contributed by atoms with Crippen molar-refractivity contribution >= 4 is 18.3 Å². The Hall–Kier alpha value is -1.20. The average Bonchev–Trinajstić information content (AvgIpc) is 2.37. The molecule has 1 rings (SSSR count). The van der Waals surface area contributed by atoms with Gasteiger partial charge in [-0.05, 0) is 19.1 Å². The molecule has 0 radical (unpaired) electrons. The van der Waals surface area contributed by atoms with Crippen molar-refractivity contribution in [3.05, 3.63) is 35.4 Å². The number of carbonyl (C=O) groups excluding carboxylic acids is 1. The molecular formula is C13H19ClF2N2O. The lowest BCUT2D eigenvalue weighted by atomic mass is 10.1. The van der Waals surface area contributed by atoms with Crippen LogP contribution in [0.3, 0.4) is 0 Å². The van der Waals surface area contributed by atoms with Crippen molar-refractivity contribution in [2.45, 2.75) is 20.4 Å². The number of hydrogen-bond donors (Lipinski definition) is 1. The first-order valence-electron chi connectivity index (χ1n) is 5.93. The number of rotatable bonds is 5. The molecule has 0 aliphatic heterocycles. The summed E-state index contributed by atoms with van der Waals surface area (Å²) in [6.07, 6.45) is 0. The third-order valence-electron chi connectivity index (χ3n) is 2.88. The van der Waals surface area contributed by atoms with E-state index in [9.17, 15) is 13.6 Å². The Kier molecular flexibility index (Phi) is 7.56. The monoisotopic (exact) mass is 292 g/mol. The lowest BCUT2D eigenvalue weighted by Crippen LogP contribution is -2.37. The van der Waals surface area contributed by atoms with Crippen LogP contribution in [0.15, 0.2) is 18.2 Å². The van der Waals surface area contributed by atoms with Gasteiger partial charge >= 0.3 is 0 Å². The number of hydrogen-bond acceptors (Lipinski definition) is 2. The summed E-state index contributed by atoms with van der Waals surface area (Å²) in [6, 6.07) is 3.67. The molecule has 1 aromatic carbocycles. The molecule has 1 unspecified atom stereocenters. The van der Waals surface area contributed by atoms with Crippen LogP contribution >= 0.6 is 12.4 Å². The van der Waals surface area contributed by atoms with Crippen LogP contribution in [0.4, 0.5) is 8.78 Å². The molecule has 108 valence electrons. The van der Waals surface area contributed by atoms with Gasteiger partial charge < -0.3 is 10.6 Å². The van der Waals surface area contributed by atoms with Gasteiger partial charge in [0, 0.05) is 24.6 Å². The third kappa shape index (κ3) is 4.44. The molecule has 0 bridgehead atoms. The van der Waals surface area contributed by atoms with E-state index in [2.05, 4.69) is 0 Å². The van der Waals surface area contributed by atoms with Crippen molar-refractivity contribution < 1.29 is 13.6 Å². The first-order chi connectivity index (χ1) is 8.51. The van der Waals surface area contributed by atoms with Gasteiger partial charge in [-0.3, -0.25) is 4.79 Å². The van der Waals surface area contributed by atoms with E-state index < -0.39 is 11.6 Å². The zero-order chi connectivity index (χ0) is 13.7. The maximum Gasteiger partial charge on any atom is 0.226 e. The molecule has 0 saturated carbocycles.